The summed E-state index contributed by atoms with van der Waals surface area (Å²) in [5.74, 6) is 0.698. The van der Waals surface area contributed by atoms with E-state index in [1.807, 2.05) is 12.1 Å². The highest BCUT2D eigenvalue weighted by atomic mass is 16.5. The summed E-state index contributed by atoms with van der Waals surface area (Å²) in [5, 5.41) is 3.95. The van der Waals surface area contributed by atoms with Crippen molar-refractivity contribution in [2.45, 2.75) is 38.5 Å². The number of benzene rings is 1. The largest absolute Gasteiger partial charge is 0.366 e. The van der Waals surface area contributed by atoms with Crippen LogP contribution in [0.2, 0.25) is 0 Å². The molecule has 1 aliphatic carbocycles. The first-order chi connectivity index (χ1) is 10.7. The number of aromatic nitrogens is 2. The van der Waals surface area contributed by atoms with Crippen LogP contribution in [0.25, 0.3) is 0 Å². The van der Waals surface area contributed by atoms with Crippen molar-refractivity contribution >= 4 is 5.91 Å². The van der Waals surface area contributed by atoms with Crippen molar-refractivity contribution in [3.05, 3.63) is 47.1 Å². The Bertz CT molecular complexity index is 648. The molecule has 0 unspecified atom stereocenters. The second-order valence-corrected chi connectivity index (χ2v) is 5.51. The molecular formula is C15H19N5O2. The van der Waals surface area contributed by atoms with Crippen LogP contribution >= 0.6 is 0 Å². The standard InChI is InChI=1S/C15H19N5O2/c16-7-14-18-13(19-22-14)9-20(12-5-6-12)8-10-1-3-11(4-2-10)15(17)21/h1-4,12H,5-9,16H2,(H2,17,21). The van der Waals surface area contributed by atoms with Crippen LogP contribution in [0.5, 0.6) is 0 Å². The van der Waals surface area contributed by atoms with Gasteiger partial charge in [0.1, 0.15) is 0 Å². The predicted molar refractivity (Wildman–Crippen MR) is 79.4 cm³/mol. The predicted octanol–water partition coefficient (Wildman–Crippen LogP) is 0.792. The van der Waals surface area contributed by atoms with Gasteiger partial charge in [-0.1, -0.05) is 17.3 Å². The van der Waals surface area contributed by atoms with Gasteiger partial charge in [-0.25, -0.2) is 0 Å². The molecule has 2 aromatic rings. The molecular weight excluding hydrogens is 282 g/mol. The van der Waals surface area contributed by atoms with Gasteiger partial charge in [0.25, 0.3) is 0 Å². The van der Waals surface area contributed by atoms with E-state index in [1.165, 1.54) is 12.8 Å². The van der Waals surface area contributed by atoms with E-state index < -0.39 is 5.91 Å². The fraction of sp³-hybridized carbons (Fsp3) is 0.400. The third kappa shape index (κ3) is 3.49. The van der Waals surface area contributed by atoms with Crippen molar-refractivity contribution < 1.29 is 9.32 Å². The van der Waals surface area contributed by atoms with E-state index in [0.29, 0.717) is 29.9 Å². The number of nitrogens with zero attached hydrogens (tertiary/aromatic N) is 3. The van der Waals surface area contributed by atoms with E-state index in [2.05, 4.69) is 15.0 Å². The summed E-state index contributed by atoms with van der Waals surface area (Å²) in [5.41, 5.74) is 12.4. The normalized spacial score (nSPS) is 14.5. The van der Waals surface area contributed by atoms with Crippen molar-refractivity contribution in [3.63, 3.8) is 0 Å². The first kappa shape index (κ1) is 14.7. The highest BCUT2D eigenvalue weighted by molar-refractivity contribution is 5.92. The lowest BCUT2D eigenvalue weighted by Crippen LogP contribution is -2.25. The number of rotatable bonds is 7. The van der Waals surface area contributed by atoms with E-state index in [4.69, 9.17) is 16.0 Å². The van der Waals surface area contributed by atoms with Crippen molar-refractivity contribution in [3.8, 4) is 0 Å². The molecule has 22 heavy (non-hydrogen) atoms. The summed E-state index contributed by atoms with van der Waals surface area (Å²) < 4.78 is 5.04. The third-order valence-corrected chi connectivity index (χ3v) is 3.72. The highest BCUT2D eigenvalue weighted by Gasteiger charge is 2.30. The minimum atomic E-state index is -0.410. The van der Waals surface area contributed by atoms with Crippen molar-refractivity contribution in [1.29, 1.82) is 0 Å². The molecule has 1 saturated carbocycles. The molecule has 0 atom stereocenters. The zero-order valence-electron chi connectivity index (χ0n) is 12.2. The van der Waals surface area contributed by atoms with E-state index in [-0.39, 0.29) is 6.54 Å². The second-order valence-electron chi connectivity index (χ2n) is 5.51. The van der Waals surface area contributed by atoms with Gasteiger partial charge in [-0.2, -0.15) is 4.98 Å². The Morgan fingerprint density at radius 3 is 2.55 bits per heavy atom. The Hall–Kier alpha value is -2.25. The molecule has 0 radical (unpaired) electrons. The van der Waals surface area contributed by atoms with E-state index in [9.17, 15) is 4.79 Å². The number of primary amides is 1. The molecule has 1 heterocycles. The Kier molecular flexibility index (Phi) is 4.17. The summed E-state index contributed by atoms with van der Waals surface area (Å²) in [6.07, 6.45) is 2.36. The Balaban J connectivity index is 1.67. The van der Waals surface area contributed by atoms with Crippen LogP contribution < -0.4 is 11.5 Å². The number of nitrogens with two attached hydrogens (primary N) is 2. The maximum Gasteiger partial charge on any atom is 0.248 e. The lowest BCUT2D eigenvalue weighted by atomic mass is 10.1. The van der Waals surface area contributed by atoms with E-state index in [1.54, 1.807) is 12.1 Å². The van der Waals surface area contributed by atoms with Crippen molar-refractivity contribution in [2.75, 3.05) is 0 Å². The Morgan fingerprint density at radius 2 is 2.00 bits per heavy atom. The summed E-state index contributed by atoms with van der Waals surface area (Å²) in [6.45, 7) is 1.66. The SMILES string of the molecule is NCc1nc(CN(Cc2ccc(C(N)=O)cc2)C2CC2)no1. The first-order valence-corrected chi connectivity index (χ1v) is 7.30. The van der Waals surface area contributed by atoms with Crippen molar-refractivity contribution in [2.24, 2.45) is 11.5 Å². The van der Waals surface area contributed by atoms with Crippen LogP contribution in [0.3, 0.4) is 0 Å². The molecule has 0 bridgehead atoms. The molecule has 1 fully saturated rings. The Morgan fingerprint density at radius 1 is 1.27 bits per heavy atom. The molecule has 0 spiro atoms. The first-order valence-electron chi connectivity index (χ1n) is 7.30. The van der Waals surface area contributed by atoms with Gasteiger partial charge in [-0.3, -0.25) is 9.69 Å². The van der Waals surface area contributed by atoms with Crippen LogP contribution in [0, 0.1) is 0 Å². The van der Waals surface area contributed by atoms with Gasteiger partial charge in [0.15, 0.2) is 5.82 Å². The maximum absolute atomic E-state index is 11.1. The molecule has 1 amide bonds. The zero-order chi connectivity index (χ0) is 15.5. The molecule has 7 nitrogen and oxygen atoms in total. The average molecular weight is 301 g/mol. The van der Waals surface area contributed by atoms with Gasteiger partial charge in [0.2, 0.25) is 11.8 Å². The van der Waals surface area contributed by atoms with Gasteiger partial charge in [-0.05, 0) is 30.5 Å². The summed E-state index contributed by atoms with van der Waals surface area (Å²) in [6, 6.07) is 7.91. The quantitative estimate of drug-likeness (QED) is 0.782. The fourth-order valence-corrected chi connectivity index (χ4v) is 2.38. The molecule has 0 aliphatic heterocycles. The third-order valence-electron chi connectivity index (χ3n) is 3.72. The van der Waals surface area contributed by atoms with E-state index >= 15 is 0 Å². The van der Waals surface area contributed by atoms with Gasteiger partial charge in [-0.15, -0.1) is 0 Å². The van der Waals surface area contributed by atoms with Crippen LogP contribution in [-0.2, 0) is 19.6 Å². The van der Waals surface area contributed by atoms with Crippen molar-refractivity contribution in [1.82, 2.24) is 15.0 Å². The molecule has 4 N–H and O–H groups in total. The van der Waals surface area contributed by atoms with Gasteiger partial charge in [0.05, 0.1) is 13.1 Å². The minimum Gasteiger partial charge on any atom is -0.366 e. The second kappa shape index (κ2) is 6.25. The molecule has 1 aromatic carbocycles. The molecule has 1 aliphatic rings. The Labute approximate surface area is 128 Å². The molecule has 1 aromatic heterocycles. The summed E-state index contributed by atoms with van der Waals surface area (Å²) in [7, 11) is 0. The van der Waals surface area contributed by atoms with Gasteiger partial charge < -0.3 is 16.0 Å². The maximum atomic E-state index is 11.1. The van der Waals surface area contributed by atoms with Crippen LogP contribution in [-0.4, -0.2) is 27.0 Å². The highest BCUT2D eigenvalue weighted by Crippen LogP contribution is 2.29. The topological polar surface area (TPSA) is 111 Å². The lowest BCUT2D eigenvalue weighted by Gasteiger charge is -2.20. The molecule has 3 rings (SSSR count). The van der Waals surface area contributed by atoms with Crippen LogP contribution in [0.4, 0.5) is 0 Å². The number of carbonyl (C=O) groups is 1. The van der Waals surface area contributed by atoms with Gasteiger partial charge in [0, 0.05) is 18.2 Å². The summed E-state index contributed by atoms with van der Waals surface area (Å²) >= 11 is 0. The van der Waals surface area contributed by atoms with E-state index in [0.717, 1.165) is 12.1 Å². The smallest absolute Gasteiger partial charge is 0.248 e. The van der Waals surface area contributed by atoms with Crippen LogP contribution in [0.1, 0.15) is 40.5 Å². The molecule has 0 saturated heterocycles. The monoisotopic (exact) mass is 301 g/mol. The number of hydrogen-bond acceptors (Lipinski definition) is 6. The van der Waals surface area contributed by atoms with Crippen LogP contribution in [0.15, 0.2) is 28.8 Å². The lowest BCUT2D eigenvalue weighted by molar-refractivity contribution is 0.100. The fourth-order valence-electron chi connectivity index (χ4n) is 2.38. The number of hydrogen-bond donors (Lipinski definition) is 2. The number of carbonyl (C=O) groups excluding carboxylic acids is 1. The molecule has 116 valence electrons. The van der Waals surface area contributed by atoms with Gasteiger partial charge >= 0.3 is 0 Å². The molecule has 7 heteroatoms. The summed E-state index contributed by atoms with van der Waals surface area (Å²) in [4.78, 5) is 17.7. The minimum absolute atomic E-state index is 0.255. The number of amides is 1. The average Bonchev–Trinajstić information content (AvgIpc) is 3.27. The zero-order valence-corrected chi connectivity index (χ0v) is 12.2.